The zero-order valence-corrected chi connectivity index (χ0v) is 16.4. The van der Waals surface area contributed by atoms with E-state index in [9.17, 15) is 9.59 Å². The van der Waals surface area contributed by atoms with Gasteiger partial charge in [0.2, 0.25) is 5.91 Å². The minimum Gasteiger partial charge on any atom is -0.467 e. The zero-order chi connectivity index (χ0) is 20.9. The number of aromatic nitrogens is 2. The summed E-state index contributed by atoms with van der Waals surface area (Å²) in [4.78, 5) is 24.5. The Balaban J connectivity index is 1.48. The van der Waals surface area contributed by atoms with E-state index in [1.165, 1.54) is 12.5 Å². The number of benzene rings is 1. The van der Waals surface area contributed by atoms with E-state index in [-0.39, 0.29) is 24.7 Å². The lowest BCUT2D eigenvalue weighted by molar-refractivity contribution is -0.120. The zero-order valence-electron chi connectivity index (χ0n) is 15.7. The number of rotatable bonds is 7. The number of carbonyl (C=O) groups is 2. The predicted octanol–water partition coefficient (Wildman–Crippen LogP) is 3.42. The van der Waals surface area contributed by atoms with E-state index in [4.69, 9.17) is 20.4 Å². The number of furan rings is 2. The maximum absolute atomic E-state index is 12.6. The van der Waals surface area contributed by atoms with Crippen molar-refractivity contribution in [2.75, 3.05) is 6.54 Å². The van der Waals surface area contributed by atoms with Crippen LogP contribution in [0.5, 0.6) is 0 Å². The van der Waals surface area contributed by atoms with E-state index in [2.05, 4.69) is 15.7 Å². The molecular formula is C21H17ClN4O4. The number of halogens is 1. The summed E-state index contributed by atoms with van der Waals surface area (Å²) < 4.78 is 12.2. The van der Waals surface area contributed by atoms with Crippen molar-refractivity contribution in [3.05, 3.63) is 83.6 Å². The van der Waals surface area contributed by atoms with E-state index in [0.717, 1.165) is 0 Å². The third-order valence-corrected chi connectivity index (χ3v) is 4.49. The Morgan fingerprint density at radius 1 is 1.00 bits per heavy atom. The Kier molecular flexibility index (Phi) is 5.67. The largest absolute Gasteiger partial charge is 0.467 e. The molecule has 0 aliphatic heterocycles. The predicted molar refractivity (Wildman–Crippen MR) is 109 cm³/mol. The number of hydrogen-bond donors (Lipinski definition) is 2. The van der Waals surface area contributed by atoms with E-state index in [0.29, 0.717) is 27.9 Å². The number of nitrogens with one attached hydrogen (secondary N) is 2. The molecule has 0 aliphatic carbocycles. The van der Waals surface area contributed by atoms with Crippen LogP contribution >= 0.6 is 11.6 Å². The van der Waals surface area contributed by atoms with Crippen LogP contribution in [0, 0.1) is 0 Å². The standard InChI is InChI=1S/C21H17ClN4O4/c22-14-5-7-15(8-6-14)26-18(19-4-2-10-30-19)11-17(25-26)21(28)24-13-20(27)23-12-16-3-1-9-29-16/h1-11H,12-13H2,(H,23,27)(H,24,28). The second-order valence-electron chi connectivity index (χ2n) is 6.32. The molecule has 2 N–H and O–H groups in total. The van der Waals surface area contributed by atoms with Gasteiger partial charge in [0.1, 0.15) is 11.5 Å². The van der Waals surface area contributed by atoms with Crippen LogP contribution < -0.4 is 10.6 Å². The van der Waals surface area contributed by atoms with Gasteiger partial charge in [-0.3, -0.25) is 9.59 Å². The lowest BCUT2D eigenvalue weighted by Gasteiger charge is -2.06. The van der Waals surface area contributed by atoms with Crippen LogP contribution in [0.1, 0.15) is 16.2 Å². The number of amides is 2. The first-order chi connectivity index (χ1) is 14.6. The molecule has 0 saturated heterocycles. The second kappa shape index (κ2) is 8.71. The Labute approximate surface area is 176 Å². The molecule has 0 fully saturated rings. The minimum absolute atomic E-state index is 0.148. The van der Waals surface area contributed by atoms with Crippen molar-refractivity contribution in [2.24, 2.45) is 0 Å². The molecule has 0 spiro atoms. The van der Waals surface area contributed by atoms with Crippen molar-refractivity contribution in [3.63, 3.8) is 0 Å². The third kappa shape index (κ3) is 4.44. The van der Waals surface area contributed by atoms with Crippen LogP contribution in [-0.4, -0.2) is 28.1 Å². The van der Waals surface area contributed by atoms with Crippen LogP contribution in [-0.2, 0) is 11.3 Å². The average Bonchev–Trinajstić information content (AvgIpc) is 3.52. The molecule has 0 radical (unpaired) electrons. The normalized spacial score (nSPS) is 10.7. The van der Waals surface area contributed by atoms with Gasteiger partial charge in [-0.05, 0) is 48.5 Å². The highest BCUT2D eigenvalue weighted by Gasteiger charge is 2.19. The van der Waals surface area contributed by atoms with Gasteiger partial charge in [-0.25, -0.2) is 4.68 Å². The molecule has 3 aromatic heterocycles. The van der Waals surface area contributed by atoms with Crippen molar-refractivity contribution in [2.45, 2.75) is 6.54 Å². The monoisotopic (exact) mass is 424 g/mol. The van der Waals surface area contributed by atoms with Gasteiger partial charge in [0.15, 0.2) is 11.5 Å². The first kappa shape index (κ1) is 19.5. The summed E-state index contributed by atoms with van der Waals surface area (Å²) in [6.45, 7) is 0.0545. The fraction of sp³-hybridized carbons (Fsp3) is 0.0952. The summed E-state index contributed by atoms with van der Waals surface area (Å²) in [5.41, 5.74) is 1.45. The van der Waals surface area contributed by atoms with Crippen molar-refractivity contribution in [1.82, 2.24) is 20.4 Å². The molecule has 1 aromatic carbocycles. The van der Waals surface area contributed by atoms with Crippen molar-refractivity contribution in [1.29, 1.82) is 0 Å². The highest BCUT2D eigenvalue weighted by Crippen LogP contribution is 2.25. The highest BCUT2D eigenvalue weighted by molar-refractivity contribution is 6.30. The van der Waals surface area contributed by atoms with E-state index < -0.39 is 5.91 Å². The van der Waals surface area contributed by atoms with Crippen LogP contribution in [0.3, 0.4) is 0 Å². The first-order valence-electron chi connectivity index (χ1n) is 9.07. The second-order valence-corrected chi connectivity index (χ2v) is 6.76. The van der Waals surface area contributed by atoms with Crippen LogP contribution in [0.15, 0.2) is 76.0 Å². The average molecular weight is 425 g/mol. The summed E-state index contributed by atoms with van der Waals surface area (Å²) in [7, 11) is 0. The minimum atomic E-state index is -0.483. The summed E-state index contributed by atoms with van der Waals surface area (Å²) in [6.07, 6.45) is 3.06. The fourth-order valence-corrected chi connectivity index (χ4v) is 2.91. The Bertz CT molecular complexity index is 1130. The molecule has 152 valence electrons. The van der Waals surface area contributed by atoms with Gasteiger partial charge in [0, 0.05) is 11.1 Å². The van der Waals surface area contributed by atoms with Crippen molar-refractivity contribution >= 4 is 23.4 Å². The molecule has 2 amide bonds. The summed E-state index contributed by atoms with van der Waals surface area (Å²) in [5, 5.41) is 10.2. The molecule has 4 aromatic rings. The number of nitrogens with zero attached hydrogens (tertiary/aromatic N) is 2. The lowest BCUT2D eigenvalue weighted by Crippen LogP contribution is -2.36. The van der Waals surface area contributed by atoms with Gasteiger partial charge in [0.05, 0.1) is 31.3 Å². The Morgan fingerprint density at radius 3 is 2.47 bits per heavy atom. The van der Waals surface area contributed by atoms with Crippen LogP contribution in [0.25, 0.3) is 17.1 Å². The quantitative estimate of drug-likeness (QED) is 0.473. The molecule has 0 aliphatic rings. The molecule has 9 heteroatoms. The maximum Gasteiger partial charge on any atom is 0.272 e. The molecule has 0 bridgehead atoms. The molecule has 4 rings (SSSR count). The van der Waals surface area contributed by atoms with Gasteiger partial charge in [-0.15, -0.1) is 0 Å². The first-order valence-corrected chi connectivity index (χ1v) is 9.45. The molecule has 3 heterocycles. The van der Waals surface area contributed by atoms with E-state index in [1.807, 2.05) is 0 Å². The molecule has 30 heavy (non-hydrogen) atoms. The highest BCUT2D eigenvalue weighted by atomic mass is 35.5. The van der Waals surface area contributed by atoms with E-state index >= 15 is 0 Å². The molecule has 0 unspecified atom stereocenters. The van der Waals surface area contributed by atoms with Gasteiger partial charge in [-0.2, -0.15) is 5.10 Å². The number of hydrogen-bond acceptors (Lipinski definition) is 5. The summed E-state index contributed by atoms with van der Waals surface area (Å²) in [6, 6.07) is 15.6. The molecule has 0 saturated carbocycles. The van der Waals surface area contributed by atoms with Crippen LogP contribution in [0.2, 0.25) is 5.02 Å². The number of carbonyl (C=O) groups excluding carboxylic acids is 2. The topological polar surface area (TPSA) is 102 Å². The van der Waals surface area contributed by atoms with Gasteiger partial charge < -0.3 is 19.5 Å². The lowest BCUT2D eigenvalue weighted by atomic mass is 10.2. The van der Waals surface area contributed by atoms with Crippen LogP contribution in [0.4, 0.5) is 0 Å². The van der Waals surface area contributed by atoms with Gasteiger partial charge in [-0.1, -0.05) is 11.6 Å². The third-order valence-electron chi connectivity index (χ3n) is 4.24. The molecule has 8 nitrogen and oxygen atoms in total. The molecular weight excluding hydrogens is 408 g/mol. The van der Waals surface area contributed by atoms with Gasteiger partial charge >= 0.3 is 0 Å². The van der Waals surface area contributed by atoms with Crippen molar-refractivity contribution in [3.8, 4) is 17.1 Å². The van der Waals surface area contributed by atoms with Gasteiger partial charge in [0.25, 0.3) is 5.91 Å². The van der Waals surface area contributed by atoms with Crippen molar-refractivity contribution < 1.29 is 18.4 Å². The Hall–Kier alpha value is -3.78. The smallest absolute Gasteiger partial charge is 0.272 e. The SMILES string of the molecule is O=C(CNC(=O)c1cc(-c2ccco2)n(-c2ccc(Cl)cc2)n1)NCc1ccco1. The maximum atomic E-state index is 12.6. The van der Waals surface area contributed by atoms with E-state index in [1.54, 1.807) is 59.3 Å². The molecule has 0 atom stereocenters. The Morgan fingerprint density at radius 2 is 1.77 bits per heavy atom. The summed E-state index contributed by atoms with van der Waals surface area (Å²) in [5.74, 6) is 0.346. The summed E-state index contributed by atoms with van der Waals surface area (Å²) >= 11 is 5.97. The fourth-order valence-electron chi connectivity index (χ4n) is 2.78.